The van der Waals surface area contributed by atoms with Gasteiger partial charge in [-0.15, -0.1) is 11.6 Å². The Morgan fingerprint density at radius 1 is 1.42 bits per heavy atom. The predicted octanol–water partition coefficient (Wildman–Crippen LogP) is 4.17. The summed E-state index contributed by atoms with van der Waals surface area (Å²) in [5, 5.41) is 0. The van der Waals surface area contributed by atoms with Gasteiger partial charge in [-0.2, -0.15) is 13.2 Å². The number of hydrogen-bond donors (Lipinski definition) is 0. The molecule has 0 N–H and O–H groups in total. The third-order valence-corrected chi connectivity index (χ3v) is 3.40. The fraction of sp³-hybridized carbons (Fsp3) is 0.417. The van der Waals surface area contributed by atoms with Crippen LogP contribution in [0.15, 0.2) is 22.7 Å². The van der Waals surface area contributed by atoms with Crippen molar-refractivity contribution in [2.75, 3.05) is 19.0 Å². The van der Waals surface area contributed by atoms with Crippen LogP contribution in [-0.4, -0.2) is 29.8 Å². The molecular formula is C12H12BrClF3NO. The van der Waals surface area contributed by atoms with Crippen LogP contribution in [0.3, 0.4) is 0 Å². The standard InChI is InChI=1S/C12H12BrClF3NO/c1-2-18(6-5-14)11(19)8-3-4-10(13)9(7-8)12(15,16)17/h3-4,7H,2,5-6H2,1H3. The molecule has 0 aromatic heterocycles. The molecule has 7 heteroatoms. The van der Waals surface area contributed by atoms with E-state index in [-0.39, 0.29) is 15.9 Å². The number of amides is 1. The third-order valence-electron chi connectivity index (χ3n) is 2.54. The number of hydrogen-bond acceptors (Lipinski definition) is 1. The molecule has 19 heavy (non-hydrogen) atoms. The number of alkyl halides is 4. The lowest BCUT2D eigenvalue weighted by Crippen LogP contribution is -2.32. The Morgan fingerprint density at radius 3 is 2.53 bits per heavy atom. The first-order chi connectivity index (χ1) is 8.81. The van der Waals surface area contributed by atoms with Gasteiger partial charge < -0.3 is 4.90 Å². The molecule has 0 spiro atoms. The van der Waals surface area contributed by atoms with Crippen LogP contribution in [0.2, 0.25) is 0 Å². The Hall–Kier alpha value is -0.750. The van der Waals surface area contributed by atoms with Crippen LogP contribution in [0.5, 0.6) is 0 Å². The van der Waals surface area contributed by atoms with E-state index in [1.165, 1.54) is 17.0 Å². The minimum atomic E-state index is -4.50. The Morgan fingerprint density at radius 2 is 2.05 bits per heavy atom. The molecule has 0 bridgehead atoms. The third kappa shape index (κ3) is 4.11. The van der Waals surface area contributed by atoms with E-state index < -0.39 is 17.6 Å². The number of halogens is 5. The van der Waals surface area contributed by atoms with Crippen molar-refractivity contribution in [2.45, 2.75) is 13.1 Å². The van der Waals surface area contributed by atoms with Gasteiger partial charge in [-0.25, -0.2) is 0 Å². The summed E-state index contributed by atoms with van der Waals surface area (Å²) in [5.74, 6) is -0.219. The second kappa shape index (κ2) is 6.61. The van der Waals surface area contributed by atoms with Crippen LogP contribution in [-0.2, 0) is 6.18 Å². The molecule has 2 nitrogen and oxygen atoms in total. The van der Waals surface area contributed by atoms with Crippen LogP contribution in [0.4, 0.5) is 13.2 Å². The van der Waals surface area contributed by atoms with Crippen LogP contribution in [0, 0.1) is 0 Å². The summed E-state index contributed by atoms with van der Waals surface area (Å²) in [5.41, 5.74) is -0.859. The summed E-state index contributed by atoms with van der Waals surface area (Å²) < 4.78 is 38.2. The van der Waals surface area contributed by atoms with Crippen molar-refractivity contribution >= 4 is 33.4 Å². The average Bonchev–Trinajstić information content (AvgIpc) is 2.34. The second-order valence-corrected chi connectivity index (χ2v) is 5.00. The fourth-order valence-electron chi connectivity index (χ4n) is 1.56. The number of benzene rings is 1. The van der Waals surface area contributed by atoms with Crippen LogP contribution >= 0.6 is 27.5 Å². The largest absolute Gasteiger partial charge is 0.417 e. The molecule has 0 saturated heterocycles. The maximum absolute atomic E-state index is 12.7. The summed E-state index contributed by atoms with van der Waals surface area (Å²) in [6, 6.07) is 3.44. The normalized spacial score (nSPS) is 11.5. The highest BCUT2D eigenvalue weighted by molar-refractivity contribution is 9.10. The van der Waals surface area contributed by atoms with Gasteiger partial charge in [-0.3, -0.25) is 4.79 Å². The van der Waals surface area contributed by atoms with Crippen molar-refractivity contribution in [3.8, 4) is 0 Å². The highest BCUT2D eigenvalue weighted by Crippen LogP contribution is 2.35. The summed E-state index contributed by atoms with van der Waals surface area (Å²) in [7, 11) is 0. The van der Waals surface area contributed by atoms with Crippen LogP contribution in [0.25, 0.3) is 0 Å². The van der Waals surface area contributed by atoms with E-state index in [1.54, 1.807) is 6.92 Å². The minimum absolute atomic E-state index is 0.00231. The van der Waals surface area contributed by atoms with Gasteiger partial charge in [0.25, 0.3) is 5.91 Å². The summed E-state index contributed by atoms with van der Waals surface area (Å²) >= 11 is 8.39. The van der Waals surface area contributed by atoms with Gasteiger partial charge in [-0.05, 0) is 25.1 Å². The van der Waals surface area contributed by atoms with Crippen LogP contribution < -0.4 is 0 Å². The quantitative estimate of drug-likeness (QED) is 0.740. The van der Waals surface area contributed by atoms with Crippen LogP contribution in [0.1, 0.15) is 22.8 Å². The van der Waals surface area contributed by atoms with Crippen molar-refractivity contribution in [3.63, 3.8) is 0 Å². The molecule has 0 fully saturated rings. The van der Waals surface area contributed by atoms with E-state index in [0.717, 1.165) is 6.07 Å². The molecule has 106 valence electrons. The van der Waals surface area contributed by atoms with Gasteiger partial charge in [0, 0.05) is 29.0 Å². The van der Waals surface area contributed by atoms with E-state index >= 15 is 0 Å². The number of nitrogens with zero attached hydrogens (tertiary/aromatic N) is 1. The zero-order chi connectivity index (χ0) is 14.6. The molecule has 0 aliphatic rings. The molecular weight excluding hydrogens is 346 g/mol. The average molecular weight is 359 g/mol. The van der Waals surface area contributed by atoms with Gasteiger partial charge in [0.2, 0.25) is 0 Å². The molecule has 0 atom stereocenters. The lowest BCUT2D eigenvalue weighted by Gasteiger charge is -2.20. The fourth-order valence-corrected chi connectivity index (χ4v) is 2.24. The molecule has 0 saturated carbocycles. The molecule has 0 aliphatic heterocycles. The predicted molar refractivity (Wildman–Crippen MR) is 71.4 cm³/mol. The maximum atomic E-state index is 12.7. The molecule has 0 radical (unpaired) electrons. The smallest absolute Gasteiger partial charge is 0.338 e. The number of rotatable bonds is 4. The Labute approximate surface area is 122 Å². The summed E-state index contributed by atoms with van der Waals surface area (Å²) in [6.45, 7) is 2.44. The lowest BCUT2D eigenvalue weighted by molar-refractivity contribution is -0.138. The highest BCUT2D eigenvalue weighted by Gasteiger charge is 2.33. The van der Waals surface area contributed by atoms with E-state index in [9.17, 15) is 18.0 Å². The monoisotopic (exact) mass is 357 g/mol. The van der Waals surface area contributed by atoms with Gasteiger partial charge in [-0.1, -0.05) is 15.9 Å². The van der Waals surface area contributed by atoms with Gasteiger partial charge in [0.05, 0.1) is 5.56 Å². The van der Waals surface area contributed by atoms with Crippen molar-refractivity contribution < 1.29 is 18.0 Å². The Balaban J connectivity index is 3.12. The van der Waals surface area contributed by atoms with Crippen molar-refractivity contribution in [3.05, 3.63) is 33.8 Å². The van der Waals surface area contributed by atoms with Crippen molar-refractivity contribution in [1.29, 1.82) is 0 Å². The zero-order valence-electron chi connectivity index (χ0n) is 10.1. The molecule has 0 heterocycles. The summed E-state index contributed by atoms with van der Waals surface area (Å²) in [4.78, 5) is 13.4. The highest BCUT2D eigenvalue weighted by atomic mass is 79.9. The molecule has 0 aliphatic carbocycles. The number of carbonyl (C=O) groups excluding carboxylic acids is 1. The maximum Gasteiger partial charge on any atom is 0.417 e. The van der Waals surface area contributed by atoms with Crippen molar-refractivity contribution in [1.82, 2.24) is 4.90 Å². The first-order valence-electron chi connectivity index (χ1n) is 5.53. The number of carbonyl (C=O) groups is 1. The molecule has 1 rings (SSSR count). The first kappa shape index (κ1) is 16.3. The first-order valence-corrected chi connectivity index (χ1v) is 6.86. The van der Waals surface area contributed by atoms with E-state index in [4.69, 9.17) is 11.6 Å². The van der Waals surface area contributed by atoms with E-state index in [1.807, 2.05) is 0 Å². The van der Waals surface area contributed by atoms with Crippen molar-refractivity contribution in [2.24, 2.45) is 0 Å². The van der Waals surface area contributed by atoms with Gasteiger partial charge >= 0.3 is 6.18 Å². The minimum Gasteiger partial charge on any atom is -0.338 e. The van der Waals surface area contributed by atoms with Gasteiger partial charge in [0.1, 0.15) is 0 Å². The topological polar surface area (TPSA) is 20.3 Å². The SMILES string of the molecule is CCN(CCCl)C(=O)c1ccc(Br)c(C(F)(F)F)c1. The van der Waals surface area contributed by atoms with E-state index in [2.05, 4.69) is 15.9 Å². The second-order valence-electron chi connectivity index (χ2n) is 3.77. The molecule has 1 aromatic rings. The van der Waals surface area contributed by atoms with Gasteiger partial charge in [0.15, 0.2) is 0 Å². The summed E-state index contributed by atoms with van der Waals surface area (Å²) in [6.07, 6.45) is -4.50. The lowest BCUT2D eigenvalue weighted by atomic mass is 10.1. The Bertz CT molecular complexity index is 465. The van der Waals surface area contributed by atoms with E-state index in [0.29, 0.717) is 13.1 Å². The zero-order valence-corrected chi connectivity index (χ0v) is 12.4. The molecule has 1 aromatic carbocycles. The molecule has 1 amide bonds. The Kier molecular flexibility index (Phi) is 5.67. The molecule has 0 unspecified atom stereocenters.